The predicted molar refractivity (Wildman–Crippen MR) is 148 cm³/mol. The van der Waals surface area contributed by atoms with Gasteiger partial charge in [0, 0.05) is 12.8 Å². The molecule has 0 heterocycles. The van der Waals surface area contributed by atoms with E-state index < -0.39 is 66.2 Å². The highest BCUT2D eigenvalue weighted by atomic mass is 16.4. The van der Waals surface area contributed by atoms with Gasteiger partial charge in [-0.25, -0.2) is 4.79 Å². The lowest BCUT2D eigenvalue weighted by Crippen LogP contribution is -2.59. The van der Waals surface area contributed by atoms with Crippen LogP contribution >= 0.6 is 0 Å². The second-order valence-electron chi connectivity index (χ2n) is 9.75. The molecule has 11 nitrogen and oxygen atoms in total. The average Bonchev–Trinajstić information content (AvgIpc) is 2.93. The van der Waals surface area contributed by atoms with Crippen LogP contribution < -0.4 is 21.7 Å². The Kier molecular flexibility index (Phi) is 12.8. The van der Waals surface area contributed by atoms with Crippen molar-refractivity contribution in [3.05, 3.63) is 71.8 Å². The molecular formula is C29H38N4O7. The van der Waals surface area contributed by atoms with Gasteiger partial charge in [-0.15, -0.1) is 0 Å². The number of carbonyl (C=O) groups excluding carboxylic acids is 3. The second kappa shape index (κ2) is 16.0. The zero-order chi connectivity index (χ0) is 29.7. The van der Waals surface area contributed by atoms with E-state index in [1.807, 2.05) is 43.3 Å². The Morgan fingerprint density at radius 3 is 1.77 bits per heavy atom. The van der Waals surface area contributed by atoms with Gasteiger partial charge in [-0.1, -0.05) is 80.9 Å². The highest BCUT2D eigenvalue weighted by Gasteiger charge is 2.33. The van der Waals surface area contributed by atoms with E-state index in [2.05, 4.69) is 16.0 Å². The van der Waals surface area contributed by atoms with Crippen LogP contribution in [0.3, 0.4) is 0 Å². The SMILES string of the molecule is CCC(C)C(NC(=O)C(Cc1ccccc1)NC(=O)C(N)Cc1ccccc1)C(=O)NC(CCC(=O)O)C(=O)O. The van der Waals surface area contributed by atoms with E-state index in [-0.39, 0.29) is 19.3 Å². The van der Waals surface area contributed by atoms with Crippen molar-refractivity contribution in [2.45, 2.75) is 70.1 Å². The van der Waals surface area contributed by atoms with Crippen molar-refractivity contribution >= 4 is 29.7 Å². The summed E-state index contributed by atoms with van der Waals surface area (Å²) >= 11 is 0. The minimum atomic E-state index is -1.44. The summed E-state index contributed by atoms with van der Waals surface area (Å²) in [5.74, 6) is -4.91. The summed E-state index contributed by atoms with van der Waals surface area (Å²) in [6.07, 6.45) is 0.0946. The number of amides is 3. The fourth-order valence-corrected chi connectivity index (χ4v) is 4.04. The van der Waals surface area contributed by atoms with E-state index in [0.717, 1.165) is 11.1 Å². The molecule has 0 spiro atoms. The maximum absolute atomic E-state index is 13.5. The largest absolute Gasteiger partial charge is 0.481 e. The van der Waals surface area contributed by atoms with Crippen LogP contribution in [0.2, 0.25) is 0 Å². The number of hydrogen-bond donors (Lipinski definition) is 6. The summed E-state index contributed by atoms with van der Waals surface area (Å²) in [6, 6.07) is 13.7. The van der Waals surface area contributed by atoms with E-state index in [1.54, 1.807) is 31.2 Å². The molecule has 0 saturated carbocycles. The number of aliphatic carboxylic acids is 2. The first kappa shape index (κ1) is 32.0. The Morgan fingerprint density at radius 1 is 0.750 bits per heavy atom. The van der Waals surface area contributed by atoms with Gasteiger partial charge in [0.05, 0.1) is 6.04 Å². The van der Waals surface area contributed by atoms with Crippen LogP contribution in [0.15, 0.2) is 60.7 Å². The minimum Gasteiger partial charge on any atom is -0.481 e. The van der Waals surface area contributed by atoms with Crippen LogP contribution in [0.1, 0.15) is 44.2 Å². The second-order valence-corrected chi connectivity index (χ2v) is 9.75. The summed E-state index contributed by atoms with van der Waals surface area (Å²) in [7, 11) is 0. The number of benzene rings is 2. The number of nitrogens with one attached hydrogen (secondary N) is 3. The van der Waals surface area contributed by atoms with Crippen molar-refractivity contribution in [3.63, 3.8) is 0 Å². The molecule has 0 aliphatic carbocycles. The molecule has 0 aliphatic heterocycles. The van der Waals surface area contributed by atoms with Crippen molar-refractivity contribution in [2.75, 3.05) is 0 Å². The van der Waals surface area contributed by atoms with Crippen LogP contribution in [0.5, 0.6) is 0 Å². The first-order valence-corrected chi connectivity index (χ1v) is 13.2. The van der Waals surface area contributed by atoms with Gasteiger partial charge in [0.2, 0.25) is 17.7 Å². The molecule has 40 heavy (non-hydrogen) atoms. The normalized spacial score (nSPS) is 14.6. The van der Waals surface area contributed by atoms with E-state index in [4.69, 9.17) is 10.8 Å². The number of carboxylic acids is 2. The molecule has 11 heteroatoms. The first-order chi connectivity index (χ1) is 19.0. The number of rotatable bonds is 16. The molecule has 5 unspecified atom stereocenters. The summed E-state index contributed by atoms with van der Waals surface area (Å²) in [5, 5.41) is 26.1. The summed E-state index contributed by atoms with van der Waals surface area (Å²) in [6.45, 7) is 3.53. The lowest BCUT2D eigenvalue weighted by molar-refractivity contribution is -0.143. The smallest absolute Gasteiger partial charge is 0.326 e. The fraction of sp³-hybridized carbons (Fsp3) is 0.414. The molecule has 0 saturated heterocycles. The molecule has 216 valence electrons. The van der Waals surface area contributed by atoms with Crippen LogP contribution in [0, 0.1) is 5.92 Å². The van der Waals surface area contributed by atoms with Crippen molar-refractivity contribution in [2.24, 2.45) is 11.7 Å². The molecule has 0 radical (unpaired) electrons. The molecule has 0 aromatic heterocycles. The molecule has 2 aromatic rings. The third-order valence-electron chi connectivity index (χ3n) is 6.61. The van der Waals surface area contributed by atoms with Crippen LogP contribution in [-0.2, 0) is 36.8 Å². The average molecular weight is 555 g/mol. The standard InChI is InChI=1S/C29H38N4O7/c1-3-18(2)25(28(38)31-22(29(39)40)14-15-24(34)35)33-27(37)23(17-20-12-8-5-9-13-20)32-26(36)21(30)16-19-10-6-4-7-11-19/h4-13,18,21-23,25H,3,14-17,30H2,1-2H3,(H,31,38)(H,32,36)(H,33,37)(H,34,35)(H,39,40). The van der Waals surface area contributed by atoms with Crippen LogP contribution in [-0.4, -0.2) is 64.0 Å². The fourth-order valence-electron chi connectivity index (χ4n) is 4.04. The van der Waals surface area contributed by atoms with Crippen molar-refractivity contribution in [1.82, 2.24) is 16.0 Å². The highest BCUT2D eigenvalue weighted by molar-refractivity contribution is 5.94. The number of hydrogen-bond acceptors (Lipinski definition) is 6. The summed E-state index contributed by atoms with van der Waals surface area (Å²) in [5.41, 5.74) is 7.77. The first-order valence-electron chi connectivity index (χ1n) is 13.2. The number of carboxylic acid groups (broad SMARTS) is 2. The summed E-state index contributed by atoms with van der Waals surface area (Å²) in [4.78, 5) is 62.1. The van der Waals surface area contributed by atoms with Gasteiger partial charge < -0.3 is 31.9 Å². The van der Waals surface area contributed by atoms with Gasteiger partial charge in [-0.3, -0.25) is 19.2 Å². The van der Waals surface area contributed by atoms with Gasteiger partial charge in [0.25, 0.3) is 0 Å². The monoisotopic (exact) mass is 554 g/mol. The van der Waals surface area contributed by atoms with Gasteiger partial charge in [-0.05, 0) is 29.9 Å². The molecule has 5 atom stereocenters. The van der Waals surface area contributed by atoms with E-state index in [0.29, 0.717) is 6.42 Å². The summed E-state index contributed by atoms with van der Waals surface area (Å²) < 4.78 is 0. The molecule has 0 fully saturated rings. The Hall–Kier alpha value is -4.25. The maximum Gasteiger partial charge on any atom is 0.326 e. The van der Waals surface area contributed by atoms with Gasteiger partial charge in [0.15, 0.2) is 0 Å². The van der Waals surface area contributed by atoms with Crippen molar-refractivity contribution in [1.29, 1.82) is 0 Å². The number of carbonyl (C=O) groups is 5. The number of nitrogens with two attached hydrogens (primary N) is 1. The van der Waals surface area contributed by atoms with Crippen molar-refractivity contribution in [3.8, 4) is 0 Å². The van der Waals surface area contributed by atoms with E-state index >= 15 is 0 Å². The van der Waals surface area contributed by atoms with E-state index in [1.165, 1.54) is 0 Å². The molecule has 2 aromatic carbocycles. The molecular weight excluding hydrogens is 516 g/mol. The van der Waals surface area contributed by atoms with E-state index in [9.17, 15) is 29.1 Å². The molecule has 2 rings (SSSR count). The highest BCUT2D eigenvalue weighted by Crippen LogP contribution is 2.12. The quantitative estimate of drug-likeness (QED) is 0.179. The molecule has 7 N–H and O–H groups in total. The van der Waals surface area contributed by atoms with Crippen LogP contribution in [0.4, 0.5) is 0 Å². The predicted octanol–water partition coefficient (Wildman–Crippen LogP) is 1.25. The van der Waals surface area contributed by atoms with Crippen LogP contribution in [0.25, 0.3) is 0 Å². The molecule has 0 aliphatic rings. The Bertz CT molecular complexity index is 1140. The zero-order valence-electron chi connectivity index (χ0n) is 22.7. The minimum absolute atomic E-state index is 0.127. The third kappa shape index (κ3) is 10.5. The Balaban J connectivity index is 2.21. The maximum atomic E-state index is 13.5. The van der Waals surface area contributed by atoms with Crippen molar-refractivity contribution < 1.29 is 34.2 Å². The Labute approximate surface area is 233 Å². The van der Waals surface area contributed by atoms with Gasteiger partial charge >= 0.3 is 11.9 Å². The molecule has 0 bridgehead atoms. The topological polar surface area (TPSA) is 188 Å². The zero-order valence-corrected chi connectivity index (χ0v) is 22.7. The molecule has 3 amide bonds. The Morgan fingerprint density at radius 2 is 1.27 bits per heavy atom. The lowest BCUT2D eigenvalue weighted by atomic mass is 9.96. The van der Waals surface area contributed by atoms with Gasteiger partial charge in [-0.2, -0.15) is 0 Å². The third-order valence-corrected chi connectivity index (χ3v) is 6.61. The van der Waals surface area contributed by atoms with Gasteiger partial charge in [0.1, 0.15) is 18.1 Å². The lowest BCUT2D eigenvalue weighted by Gasteiger charge is -2.28.